The maximum atomic E-state index is 11.5. The molecule has 0 saturated heterocycles. The number of fused-ring (bicyclic) bond motifs is 1. The summed E-state index contributed by atoms with van der Waals surface area (Å²) >= 11 is 0. The number of hydrogen-bond acceptors (Lipinski definition) is 3. The lowest BCUT2D eigenvalue weighted by atomic mass is 9.96. The van der Waals surface area contributed by atoms with Gasteiger partial charge in [-0.3, -0.25) is 0 Å². The number of rotatable bonds is 3. The zero-order valence-electron chi connectivity index (χ0n) is 12.2. The van der Waals surface area contributed by atoms with E-state index in [4.69, 9.17) is 5.73 Å². The van der Waals surface area contributed by atoms with Gasteiger partial charge in [-0.2, -0.15) is 0 Å². The molecule has 3 N–H and O–H groups in total. The molecule has 0 amide bonds. The number of carbonyl (C=O) groups is 1. The van der Waals surface area contributed by atoms with Gasteiger partial charge in [0.15, 0.2) is 5.69 Å². The minimum Gasteiger partial charge on any atom is -0.476 e. The Hall–Kier alpha value is -2.88. The topological polar surface area (TPSA) is 76.2 Å². The number of carboxylic acid groups (broad SMARTS) is 1. The molecule has 110 valence electrons. The van der Waals surface area contributed by atoms with Crippen LogP contribution in [0.2, 0.25) is 0 Å². The Morgan fingerprint density at radius 2 is 1.86 bits per heavy atom. The van der Waals surface area contributed by atoms with Crippen LogP contribution in [0.1, 0.15) is 23.1 Å². The van der Waals surface area contributed by atoms with E-state index >= 15 is 0 Å². The van der Waals surface area contributed by atoms with Gasteiger partial charge in [0.1, 0.15) is 0 Å². The highest BCUT2D eigenvalue weighted by Crippen LogP contribution is 2.31. The highest BCUT2D eigenvalue weighted by Gasteiger charge is 2.14. The summed E-state index contributed by atoms with van der Waals surface area (Å²) in [5.41, 5.74) is 9.30. The third-order valence-electron chi connectivity index (χ3n) is 3.71. The lowest BCUT2D eigenvalue weighted by Gasteiger charge is -2.11. The first kappa shape index (κ1) is 14.1. The van der Waals surface area contributed by atoms with E-state index in [0.717, 1.165) is 22.2 Å². The number of anilines is 1. The third kappa shape index (κ3) is 2.39. The Morgan fingerprint density at radius 3 is 2.50 bits per heavy atom. The lowest BCUT2D eigenvalue weighted by Crippen LogP contribution is -2.04. The largest absolute Gasteiger partial charge is 0.476 e. The van der Waals surface area contributed by atoms with Crippen LogP contribution in [0.15, 0.2) is 48.5 Å². The summed E-state index contributed by atoms with van der Waals surface area (Å²) in [6.07, 6.45) is 0.687. The molecule has 22 heavy (non-hydrogen) atoms. The van der Waals surface area contributed by atoms with Crippen LogP contribution < -0.4 is 5.73 Å². The second-order valence-electron chi connectivity index (χ2n) is 5.14. The lowest BCUT2D eigenvalue weighted by molar-refractivity contribution is 0.0692. The summed E-state index contributed by atoms with van der Waals surface area (Å²) in [6, 6.07) is 15.2. The molecule has 0 fully saturated rings. The Labute approximate surface area is 128 Å². The first-order valence-electron chi connectivity index (χ1n) is 7.12. The van der Waals surface area contributed by atoms with E-state index in [9.17, 15) is 9.90 Å². The second kappa shape index (κ2) is 5.48. The molecule has 0 atom stereocenters. The highest BCUT2D eigenvalue weighted by atomic mass is 16.4. The molecule has 4 nitrogen and oxygen atoms in total. The molecule has 3 aromatic rings. The van der Waals surface area contributed by atoms with E-state index in [0.29, 0.717) is 17.5 Å². The summed E-state index contributed by atoms with van der Waals surface area (Å²) in [4.78, 5) is 15.7. The molecular weight excluding hydrogens is 276 g/mol. The van der Waals surface area contributed by atoms with Crippen molar-refractivity contribution in [3.63, 3.8) is 0 Å². The van der Waals surface area contributed by atoms with Crippen molar-refractivity contribution >= 4 is 22.4 Å². The number of aromatic nitrogens is 1. The SMILES string of the molecule is CCc1cc2c(-c3ccc(N)cc3)cccc2c(C(=O)O)n1. The van der Waals surface area contributed by atoms with Crippen LogP contribution in [0.25, 0.3) is 21.9 Å². The Kier molecular flexibility index (Phi) is 3.51. The van der Waals surface area contributed by atoms with Gasteiger partial charge in [-0.1, -0.05) is 37.3 Å². The van der Waals surface area contributed by atoms with Crippen molar-refractivity contribution in [2.24, 2.45) is 0 Å². The smallest absolute Gasteiger partial charge is 0.355 e. The van der Waals surface area contributed by atoms with Crippen LogP contribution in [-0.2, 0) is 6.42 Å². The molecule has 1 aromatic heterocycles. The molecule has 0 saturated carbocycles. The van der Waals surface area contributed by atoms with Gasteiger partial charge in [-0.15, -0.1) is 0 Å². The third-order valence-corrected chi connectivity index (χ3v) is 3.71. The summed E-state index contributed by atoms with van der Waals surface area (Å²) in [7, 11) is 0. The molecule has 4 heteroatoms. The average molecular weight is 292 g/mol. The molecule has 1 heterocycles. The predicted molar refractivity (Wildman–Crippen MR) is 87.9 cm³/mol. The zero-order chi connectivity index (χ0) is 15.7. The molecule has 0 radical (unpaired) electrons. The summed E-state index contributed by atoms with van der Waals surface area (Å²) in [5.74, 6) is -1.00. The van der Waals surface area contributed by atoms with Gasteiger partial charge in [-0.25, -0.2) is 9.78 Å². The fourth-order valence-corrected chi connectivity index (χ4v) is 2.59. The molecule has 3 rings (SSSR count). The summed E-state index contributed by atoms with van der Waals surface area (Å²) in [6.45, 7) is 1.96. The number of nitrogen functional groups attached to an aromatic ring is 1. The van der Waals surface area contributed by atoms with Crippen LogP contribution in [0, 0.1) is 0 Å². The van der Waals surface area contributed by atoms with E-state index in [-0.39, 0.29) is 5.69 Å². The van der Waals surface area contributed by atoms with Crippen molar-refractivity contribution in [3.8, 4) is 11.1 Å². The van der Waals surface area contributed by atoms with Crippen molar-refractivity contribution in [1.82, 2.24) is 4.98 Å². The van der Waals surface area contributed by atoms with E-state index in [1.807, 2.05) is 49.4 Å². The van der Waals surface area contributed by atoms with Crippen LogP contribution in [0.4, 0.5) is 5.69 Å². The average Bonchev–Trinajstić information content (AvgIpc) is 2.54. The van der Waals surface area contributed by atoms with Crippen LogP contribution in [0.3, 0.4) is 0 Å². The summed E-state index contributed by atoms with van der Waals surface area (Å²) in [5, 5.41) is 11.0. The molecule has 0 aliphatic carbocycles. The van der Waals surface area contributed by atoms with Gasteiger partial charge in [0.25, 0.3) is 0 Å². The van der Waals surface area contributed by atoms with E-state index in [1.165, 1.54) is 0 Å². The van der Waals surface area contributed by atoms with Crippen molar-refractivity contribution in [2.45, 2.75) is 13.3 Å². The molecule has 2 aromatic carbocycles. The van der Waals surface area contributed by atoms with Crippen LogP contribution >= 0.6 is 0 Å². The quantitative estimate of drug-likeness (QED) is 0.721. The second-order valence-corrected chi connectivity index (χ2v) is 5.14. The summed E-state index contributed by atoms with van der Waals surface area (Å²) < 4.78 is 0. The van der Waals surface area contributed by atoms with Gasteiger partial charge in [0.2, 0.25) is 0 Å². The number of aryl methyl sites for hydroxylation is 1. The number of pyridine rings is 1. The standard InChI is InChI=1S/C18H16N2O2/c1-2-13-10-16-14(11-6-8-12(19)9-7-11)4-3-5-15(16)17(20-13)18(21)22/h3-10H,2,19H2,1H3,(H,21,22). The number of aromatic carboxylic acids is 1. The molecule has 0 bridgehead atoms. The molecule has 0 aliphatic rings. The van der Waals surface area contributed by atoms with Crippen molar-refractivity contribution in [3.05, 3.63) is 59.9 Å². The number of carboxylic acids is 1. The highest BCUT2D eigenvalue weighted by molar-refractivity contribution is 6.06. The molecule has 0 aliphatic heterocycles. The number of nitrogens with zero attached hydrogens (tertiary/aromatic N) is 1. The van der Waals surface area contributed by atoms with E-state index in [1.54, 1.807) is 6.07 Å². The first-order chi connectivity index (χ1) is 10.6. The van der Waals surface area contributed by atoms with Gasteiger partial charge >= 0.3 is 5.97 Å². The van der Waals surface area contributed by atoms with Crippen LogP contribution in [-0.4, -0.2) is 16.1 Å². The number of hydrogen-bond donors (Lipinski definition) is 2. The number of benzene rings is 2. The Morgan fingerprint density at radius 1 is 1.14 bits per heavy atom. The predicted octanol–water partition coefficient (Wildman–Crippen LogP) is 3.74. The van der Waals surface area contributed by atoms with Gasteiger partial charge in [-0.05, 0) is 41.1 Å². The molecular formula is C18H16N2O2. The Balaban J connectivity index is 2.34. The van der Waals surface area contributed by atoms with Crippen molar-refractivity contribution < 1.29 is 9.90 Å². The van der Waals surface area contributed by atoms with Crippen LogP contribution in [0.5, 0.6) is 0 Å². The van der Waals surface area contributed by atoms with E-state index < -0.39 is 5.97 Å². The zero-order valence-corrected chi connectivity index (χ0v) is 12.2. The van der Waals surface area contributed by atoms with Gasteiger partial charge in [0.05, 0.1) is 0 Å². The monoisotopic (exact) mass is 292 g/mol. The fraction of sp³-hybridized carbons (Fsp3) is 0.111. The molecule has 0 unspecified atom stereocenters. The van der Waals surface area contributed by atoms with E-state index in [2.05, 4.69) is 4.98 Å². The Bertz CT molecular complexity index is 855. The number of nitrogens with two attached hydrogens (primary N) is 1. The molecule has 0 spiro atoms. The normalized spacial score (nSPS) is 10.8. The maximum Gasteiger partial charge on any atom is 0.355 e. The van der Waals surface area contributed by atoms with Gasteiger partial charge in [0, 0.05) is 16.8 Å². The fourth-order valence-electron chi connectivity index (χ4n) is 2.59. The first-order valence-corrected chi connectivity index (χ1v) is 7.12. The minimum atomic E-state index is -1.00. The van der Waals surface area contributed by atoms with Crippen molar-refractivity contribution in [2.75, 3.05) is 5.73 Å². The van der Waals surface area contributed by atoms with Crippen molar-refractivity contribution in [1.29, 1.82) is 0 Å². The minimum absolute atomic E-state index is 0.103. The van der Waals surface area contributed by atoms with Gasteiger partial charge < -0.3 is 10.8 Å². The maximum absolute atomic E-state index is 11.5.